The van der Waals surface area contributed by atoms with Crippen molar-refractivity contribution >= 4 is 11.9 Å². The third-order valence-corrected chi connectivity index (χ3v) is 5.32. The molecular weight excluding hydrogens is 354 g/mol. The van der Waals surface area contributed by atoms with E-state index in [0.717, 1.165) is 19.3 Å². The normalized spacial score (nSPS) is 12.1. The summed E-state index contributed by atoms with van der Waals surface area (Å²) in [6.07, 6.45) is 22.4. The molecule has 0 rings (SSSR count). The maximum absolute atomic E-state index is 11.6. The number of rotatable bonds is 21. The molecule has 0 saturated heterocycles. The van der Waals surface area contributed by atoms with Gasteiger partial charge in [0.25, 0.3) is 0 Å². The molecule has 0 aromatic rings. The molecule has 0 heterocycles. The lowest BCUT2D eigenvalue weighted by Crippen LogP contribution is -2.43. The SMILES string of the molecule is CCCCCCCCCCCCCCCCCCCC(=O)NC(CO)C(=O)O. The predicted octanol–water partition coefficient (Wildman–Crippen LogP) is 5.59. The zero-order valence-electron chi connectivity index (χ0n) is 18.2. The van der Waals surface area contributed by atoms with Crippen molar-refractivity contribution < 1.29 is 19.8 Å². The molecule has 0 fully saturated rings. The second kappa shape index (κ2) is 20.6. The average molecular weight is 400 g/mol. The Balaban J connectivity index is 3.23. The van der Waals surface area contributed by atoms with Gasteiger partial charge in [0.15, 0.2) is 0 Å². The molecule has 0 aromatic carbocycles. The van der Waals surface area contributed by atoms with Gasteiger partial charge in [-0.3, -0.25) is 4.79 Å². The lowest BCUT2D eigenvalue weighted by molar-refractivity contribution is -0.142. The highest BCUT2D eigenvalue weighted by atomic mass is 16.4. The summed E-state index contributed by atoms with van der Waals surface area (Å²) in [4.78, 5) is 22.3. The van der Waals surface area contributed by atoms with Gasteiger partial charge in [-0.05, 0) is 6.42 Å². The minimum absolute atomic E-state index is 0.289. The topological polar surface area (TPSA) is 86.6 Å². The first kappa shape index (κ1) is 26.9. The molecule has 3 N–H and O–H groups in total. The Bertz CT molecular complexity index is 374. The highest BCUT2D eigenvalue weighted by molar-refractivity contribution is 5.83. The van der Waals surface area contributed by atoms with Gasteiger partial charge in [0.2, 0.25) is 5.91 Å². The summed E-state index contributed by atoms with van der Waals surface area (Å²) < 4.78 is 0. The standard InChI is InChI=1S/C23H45NO4/c1-2-3-4-5-6-7-8-9-10-11-12-13-14-15-16-17-18-19-22(26)24-21(20-25)23(27)28/h21,25H,2-20H2,1H3,(H,24,26)(H,27,28). The van der Waals surface area contributed by atoms with Gasteiger partial charge in [0.05, 0.1) is 6.61 Å². The van der Waals surface area contributed by atoms with Crippen LogP contribution in [-0.4, -0.2) is 34.7 Å². The highest BCUT2D eigenvalue weighted by Crippen LogP contribution is 2.14. The van der Waals surface area contributed by atoms with Gasteiger partial charge in [-0.15, -0.1) is 0 Å². The second-order valence-corrected chi connectivity index (χ2v) is 8.05. The largest absolute Gasteiger partial charge is 0.480 e. The van der Waals surface area contributed by atoms with Crippen LogP contribution in [0.1, 0.15) is 122 Å². The Morgan fingerprint density at radius 3 is 1.36 bits per heavy atom. The lowest BCUT2D eigenvalue weighted by atomic mass is 10.0. The van der Waals surface area contributed by atoms with Crippen molar-refractivity contribution in [2.75, 3.05) is 6.61 Å². The third-order valence-electron chi connectivity index (χ3n) is 5.32. The molecule has 0 saturated carbocycles. The molecule has 166 valence electrons. The Labute approximate surface area is 172 Å². The number of carboxylic acid groups (broad SMARTS) is 1. The van der Waals surface area contributed by atoms with E-state index in [1.54, 1.807) is 0 Å². The van der Waals surface area contributed by atoms with Gasteiger partial charge in [0.1, 0.15) is 6.04 Å². The Morgan fingerprint density at radius 1 is 0.679 bits per heavy atom. The van der Waals surface area contributed by atoms with Crippen LogP contribution in [0.2, 0.25) is 0 Å². The van der Waals surface area contributed by atoms with E-state index in [0.29, 0.717) is 6.42 Å². The van der Waals surface area contributed by atoms with Crippen LogP contribution < -0.4 is 5.32 Å². The quantitative estimate of drug-likeness (QED) is 0.220. The molecule has 0 aromatic heterocycles. The van der Waals surface area contributed by atoms with Gasteiger partial charge in [0, 0.05) is 6.42 Å². The zero-order valence-corrected chi connectivity index (χ0v) is 18.2. The van der Waals surface area contributed by atoms with E-state index >= 15 is 0 Å². The van der Waals surface area contributed by atoms with Crippen LogP contribution >= 0.6 is 0 Å². The molecule has 0 aliphatic heterocycles. The van der Waals surface area contributed by atoms with Crippen molar-refractivity contribution in [1.82, 2.24) is 5.32 Å². The van der Waals surface area contributed by atoms with Gasteiger partial charge in [-0.25, -0.2) is 4.79 Å². The average Bonchev–Trinajstić information content (AvgIpc) is 2.68. The first-order valence-corrected chi connectivity index (χ1v) is 11.7. The summed E-state index contributed by atoms with van der Waals surface area (Å²) in [5.41, 5.74) is 0. The molecule has 0 aliphatic rings. The van der Waals surface area contributed by atoms with Crippen molar-refractivity contribution in [2.24, 2.45) is 0 Å². The fourth-order valence-corrected chi connectivity index (χ4v) is 3.46. The third kappa shape index (κ3) is 18.3. The number of nitrogens with one attached hydrogen (secondary N) is 1. The molecule has 0 spiro atoms. The number of amides is 1. The summed E-state index contributed by atoms with van der Waals surface area (Å²) in [6, 6.07) is -1.18. The molecule has 0 bridgehead atoms. The van der Waals surface area contributed by atoms with Crippen LogP contribution in [0.25, 0.3) is 0 Å². The van der Waals surface area contributed by atoms with E-state index in [1.165, 1.54) is 89.9 Å². The van der Waals surface area contributed by atoms with E-state index in [9.17, 15) is 9.59 Å². The van der Waals surface area contributed by atoms with E-state index in [-0.39, 0.29) is 5.91 Å². The second-order valence-electron chi connectivity index (χ2n) is 8.05. The predicted molar refractivity (Wildman–Crippen MR) is 115 cm³/mol. The van der Waals surface area contributed by atoms with Crippen LogP contribution in [0, 0.1) is 0 Å². The molecule has 1 unspecified atom stereocenters. The fourth-order valence-electron chi connectivity index (χ4n) is 3.46. The van der Waals surface area contributed by atoms with Crippen molar-refractivity contribution in [1.29, 1.82) is 0 Å². The number of unbranched alkanes of at least 4 members (excludes halogenated alkanes) is 16. The first-order valence-electron chi connectivity index (χ1n) is 11.7. The number of hydrogen-bond donors (Lipinski definition) is 3. The number of carbonyl (C=O) groups excluding carboxylic acids is 1. The zero-order chi connectivity index (χ0) is 20.9. The number of hydrogen-bond acceptors (Lipinski definition) is 3. The van der Waals surface area contributed by atoms with Crippen LogP contribution in [0.4, 0.5) is 0 Å². The summed E-state index contributed by atoms with van der Waals surface area (Å²) in [7, 11) is 0. The fraction of sp³-hybridized carbons (Fsp3) is 0.913. The van der Waals surface area contributed by atoms with E-state index in [1.807, 2.05) is 0 Å². The van der Waals surface area contributed by atoms with Crippen molar-refractivity contribution in [3.8, 4) is 0 Å². The van der Waals surface area contributed by atoms with Crippen LogP contribution in [0.5, 0.6) is 0 Å². The van der Waals surface area contributed by atoms with E-state index in [2.05, 4.69) is 12.2 Å². The van der Waals surface area contributed by atoms with Crippen molar-refractivity contribution in [3.63, 3.8) is 0 Å². The monoisotopic (exact) mass is 399 g/mol. The molecule has 28 heavy (non-hydrogen) atoms. The Hall–Kier alpha value is -1.10. The molecule has 0 radical (unpaired) electrons. The van der Waals surface area contributed by atoms with Gasteiger partial charge >= 0.3 is 5.97 Å². The summed E-state index contributed by atoms with van der Waals surface area (Å²) in [5.74, 6) is -1.49. The van der Waals surface area contributed by atoms with E-state index < -0.39 is 18.6 Å². The first-order chi connectivity index (χ1) is 13.6. The van der Waals surface area contributed by atoms with Gasteiger partial charge < -0.3 is 15.5 Å². The van der Waals surface area contributed by atoms with Crippen LogP contribution in [0.15, 0.2) is 0 Å². The van der Waals surface area contributed by atoms with Crippen molar-refractivity contribution in [3.05, 3.63) is 0 Å². The number of aliphatic hydroxyl groups is 1. The molecule has 1 atom stereocenters. The maximum Gasteiger partial charge on any atom is 0.328 e. The number of carbonyl (C=O) groups is 2. The number of aliphatic hydroxyl groups excluding tert-OH is 1. The van der Waals surface area contributed by atoms with E-state index in [4.69, 9.17) is 10.2 Å². The minimum Gasteiger partial charge on any atom is -0.480 e. The van der Waals surface area contributed by atoms with Gasteiger partial charge in [-0.2, -0.15) is 0 Å². The highest BCUT2D eigenvalue weighted by Gasteiger charge is 2.17. The molecule has 0 aliphatic carbocycles. The van der Waals surface area contributed by atoms with Crippen LogP contribution in [0.3, 0.4) is 0 Å². The summed E-state index contributed by atoms with van der Waals surface area (Å²) >= 11 is 0. The summed E-state index contributed by atoms with van der Waals surface area (Å²) in [5, 5.41) is 20.0. The molecule has 5 heteroatoms. The Kier molecular flexibility index (Phi) is 19.8. The lowest BCUT2D eigenvalue weighted by Gasteiger charge is -2.11. The number of carboxylic acids is 1. The van der Waals surface area contributed by atoms with Gasteiger partial charge in [-0.1, -0.05) is 110 Å². The molecule has 5 nitrogen and oxygen atoms in total. The Morgan fingerprint density at radius 2 is 1.04 bits per heavy atom. The van der Waals surface area contributed by atoms with Crippen LogP contribution in [-0.2, 0) is 9.59 Å². The molecule has 1 amide bonds. The molecular formula is C23H45NO4. The summed E-state index contributed by atoms with van der Waals surface area (Å²) in [6.45, 7) is 1.70. The number of aliphatic carboxylic acids is 1. The maximum atomic E-state index is 11.6. The minimum atomic E-state index is -1.20. The smallest absolute Gasteiger partial charge is 0.328 e. The van der Waals surface area contributed by atoms with Crippen molar-refractivity contribution in [2.45, 2.75) is 129 Å².